The molecule has 0 aliphatic carbocycles. The van der Waals surface area contributed by atoms with Crippen LogP contribution >= 0.6 is 0 Å². The molecule has 1 aliphatic heterocycles. The van der Waals surface area contributed by atoms with Crippen LogP contribution in [0.2, 0.25) is 0 Å². The second-order valence-corrected chi connectivity index (χ2v) is 6.20. The number of benzene rings is 1. The van der Waals surface area contributed by atoms with Crippen LogP contribution in [-0.2, 0) is 6.18 Å². The molecular formula is C19H20F3N3. The fraction of sp³-hybridized carbons (Fsp3) is 0.368. The van der Waals surface area contributed by atoms with Gasteiger partial charge in [-0.1, -0.05) is 18.2 Å². The van der Waals surface area contributed by atoms with Gasteiger partial charge in [0, 0.05) is 19.2 Å². The predicted molar refractivity (Wildman–Crippen MR) is 93.2 cm³/mol. The van der Waals surface area contributed by atoms with Gasteiger partial charge in [0.15, 0.2) is 0 Å². The first-order valence-electron chi connectivity index (χ1n) is 8.38. The van der Waals surface area contributed by atoms with Gasteiger partial charge in [-0.05, 0) is 50.0 Å². The van der Waals surface area contributed by atoms with Crippen LogP contribution in [0.1, 0.15) is 41.9 Å². The summed E-state index contributed by atoms with van der Waals surface area (Å²) in [6.45, 7) is 3.79. The van der Waals surface area contributed by atoms with E-state index < -0.39 is 11.7 Å². The lowest BCUT2D eigenvalue weighted by atomic mass is 10.1. The lowest BCUT2D eigenvalue weighted by Gasteiger charge is -2.27. The minimum absolute atomic E-state index is 0.491. The number of hydrogen-bond donors (Lipinski definition) is 0. The first-order chi connectivity index (χ1) is 11.9. The molecule has 132 valence electrons. The Labute approximate surface area is 145 Å². The molecule has 1 aromatic carbocycles. The zero-order valence-corrected chi connectivity index (χ0v) is 14.1. The quantitative estimate of drug-likeness (QED) is 0.785. The number of alkyl halides is 3. The van der Waals surface area contributed by atoms with Crippen molar-refractivity contribution >= 4 is 18.0 Å². The normalized spacial score (nSPS) is 15.8. The Bertz CT molecular complexity index is 763. The van der Waals surface area contributed by atoms with Crippen LogP contribution in [0.4, 0.5) is 19.0 Å². The van der Waals surface area contributed by atoms with Gasteiger partial charge in [-0.3, -0.25) is 0 Å². The van der Waals surface area contributed by atoms with Crippen molar-refractivity contribution in [2.75, 3.05) is 18.0 Å². The zero-order valence-electron chi connectivity index (χ0n) is 14.1. The number of hydrogen-bond acceptors (Lipinski definition) is 3. The number of aromatic nitrogens is 2. The lowest BCUT2D eigenvalue weighted by Crippen LogP contribution is -2.30. The first kappa shape index (κ1) is 17.5. The largest absolute Gasteiger partial charge is 0.416 e. The van der Waals surface area contributed by atoms with Gasteiger partial charge in [0.1, 0.15) is 11.6 Å². The molecule has 0 atom stereocenters. The van der Waals surface area contributed by atoms with Crippen molar-refractivity contribution in [2.24, 2.45) is 0 Å². The summed E-state index contributed by atoms with van der Waals surface area (Å²) in [7, 11) is 0. The van der Waals surface area contributed by atoms with Gasteiger partial charge in [0.2, 0.25) is 0 Å². The molecule has 0 amide bonds. The van der Waals surface area contributed by atoms with Crippen molar-refractivity contribution < 1.29 is 13.2 Å². The molecule has 1 aliphatic rings. The third kappa shape index (κ3) is 4.59. The van der Waals surface area contributed by atoms with E-state index in [1.165, 1.54) is 12.5 Å². The molecule has 1 saturated heterocycles. The summed E-state index contributed by atoms with van der Waals surface area (Å²) in [5, 5.41) is 0. The minimum Gasteiger partial charge on any atom is -0.356 e. The topological polar surface area (TPSA) is 29.0 Å². The fourth-order valence-corrected chi connectivity index (χ4v) is 2.95. The molecule has 2 aromatic rings. The average Bonchev–Trinajstić information content (AvgIpc) is 2.60. The molecule has 0 unspecified atom stereocenters. The van der Waals surface area contributed by atoms with Crippen molar-refractivity contribution in [1.29, 1.82) is 0 Å². The molecule has 2 heterocycles. The third-order valence-electron chi connectivity index (χ3n) is 4.18. The summed E-state index contributed by atoms with van der Waals surface area (Å²) < 4.78 is 38.4. The van der Waals surface area contributed by atoms with Gasteiger partial charge >= 0.3 is 6.18 Å². The Morgan fingerprint density at radius 1 is 1.00 bits per heavy atom. The highest BCUT2D eigenvalue weighted by Gasteiger charge is 2.30. The van der Waals surface area contributed by atoms with Crippen molar-refractivity contribution in [3.63, 3.8) is 0 Å². The van der Waals surface area contributed by atoms with E-state index in [1.807, 2.05) is 13.0 Å². The standard InChI is InChI=1S/C19H20F3N3/c1-14-23-17(13-18(24-14)25-10-3-2-4-11-25)9-8-15-6-5-7-16(12-15)19(20,21)22/h5-9,12-13H,2-4,10-11H2,1H3/b9-8+. The Kier molecular flexibility index (Phi) is 5.06. The molecule has 0 saturated carbocycles. The van der Waals surface area contributed by atoms with Crippen molar-refractivity contribution in [1.82, 2.24) is 9.97 Å². The number of piperidine rings is 1. The fourth-order valence-electron chi connectivity index (χ4n) is 2.95. The highest BCUT2D eigenvalue weighted by atomic mass is 19.4. The molecule has 6 heteroatoms. The Balaban J connectivity index is 1.82. The van der Waals surface area contributed by atoms with Crippen LogP contribution in [0.3, 0.4) is 0 Å². The third-order valence-corrected chi connectivity index (χ3v) is 4.18. The molecule has 1 fully saturated rings. The van der Waals surface area contributed by atoms with Gasteiger partial charge < -0.3 is 4.90 Å². The Morgan fingerprint density at radius 3 is 2.48 bits per heavy atom. The van der Waals surface area contributed by atoms with E-state index in [1.54, 1.807) is 18.2 Å². The number of anilines is 1. The van der Waals surface area contributed by atoms with Crippen molar-refractivity contribution in [2.45, 2.75) is 32.4 Å². The van der Waals surface area contributed by atoms with Crippen LogP contribution in [-0.4, -0.2) is 23.1 Å². The van der Waals surface area contributed by atoms with Gasteiger partial charge in [-0.25, -0.2) is 9.97 Å². The summed E-state index contributed by atoms with van der Waals surface area (Å²) in [6.07, 6.45) is 2.59. The van der Waals surface area contributed by atoms with E-state index in [4.69, 9.17) is 0 Å². The Morgan fingerprint density at radius 2 is 1.76 bits per heavy atom. The molecule has 25 heavy (non-hydrogen) atoms. The predicted octanol–water partition coefficient (Wildman–Crippen LogP) is 4.96. The maximum Gasteiger partial charge on any atom is 0.416 e. The number of nitrogens with zero attached hydrogens (tertiary/aromatic N) is 3. The number of halogens is 3. The molecule has 3 rings (SSSR count). The van der Waals surface area contributed by atoms with Gasteiger partial charge in [-0.2, -0.15) is 13.2 Å². The monoisotopic (exact) mass is 347 g/mol. The second-order valence-electron chi connectivity index (χ2n) is 6.20. The SMILES string of the molecule is Cc1nc(/C=C/c2cccc(C(F)(F)F)c2)cc(N2CCCCC2)n1. The Hall–Kier alpha value is -2.37. The number of rotatable bonds is 3. The van der Waals surface area contributed by atoms with Gasteiger partial charge in [0.05, 0.1) is 11.3 Å². The van der Waals surface area contributed by atoms with E-state index in [-0.39, 0.29) is 0 Å². The molecular weight excluding hydrogens is 327 g/mol. The maximum absolute atomic E-state index is 12.8. The van der Waals surface area contributed by atoms with E-state index in [9.17, 15) is 13.2 Å². The smallest absolute Gasteiger partial charge is 0.356 e. The molecule has 0 N–H and O–H groups in total. The summed E-state index contributed by atoms with van der Waals surface area (Å²) in [6, 6.07) is 7.15. The molecule has 3 nitrogen and oxygen atoms in total. The van der Waals surface area contributed by atoms with Gasteiger partial charge in [0.25, 0.3) is 0 Å². The average molecular weight is 347 g/mol. The summed E-state index contributed by atoms with van der Waals surface area (Å²) >= 11 is 0. The summed E-state index contributed by atoms with van der Waals surface area (Å²) in [5.41, 5.74) is 0.540. The van der Waals surface area contributed by atoms with Gasteiger partial charge in [-0.15, -0.1) is 0 Å². The molecule has 0 radical (unpaired) electrons. The summed E-state index contributed by atoms with van der Waals surface area (Å²) in [4.78, 5) is 11.1. The highest BCUT2D eigenvalue weighted by molar-refractivity contribution is 5.69. The number of aryl methyl sites for hydroxylation is 1. The van der Waals surface area contributed by atoms with Crippen LogP contribution in [0.25, 0.3) is 12.2 Å². The first-order valence-corrected chi connectivity index (χ1v) is 8.38. The van der Waals surface area contributed by atoms with Crippen LogP contribution in [0.15, 0.2) is 30.3 Å². The molecule has 0 bridgehead atoms. The molecule has 1 aromatic heterocycles. The zero-order chi connectivity index (χ0) is 17.9. The molecule has 0 spiro atoms. The second kappa shape index (κ2) is 7.25. The van der Waals surface area contributed by atoms with E-state index in [0.717, 1.165) is 43.9 Å². The van der Waals surface area contributed by atoms with E-state index >= 15 is 0 Å². The van der Waals surface area contributed by atoms with Crippen LogP contribution in [0, 0.1) is 6.92 Å². The van der Waals surface area contributed by atoms with Crippen molar-refractivity contribution in [3.05, 3.63) is 53.0 Å². The summed E-state index contributed by atoms with van der Waals surface area (Å²) in [5.74, 6) is 1.54. The maximum atomic E-state index is 12.8. The van der Waals surface area contributed by atoms with E-state index in [0.29, 0.717) is 17.1 Å². The minimum atomic E-state index is -4.34. The lowest BCUT2D eigenvalue weighted by molar-refractivity contribution is -0.137. The highest BCUT2D eigenvalue weighted by Crippen LogP contribution is 2.30. The van der Waals surface area contributed by atoms with Crippen molar-refractivity contribution in [3.8, 4) is 0 Å². The van der Waals surface area contributed by atoms with E-state index in [2.05, 4.69) is 14.9 Å². The van der Waals surface area contributed by atoms with Crippen LogP contribution < -0.4 is 4.90 Å². The van der Waals surface area contributed by atoms with Crippen LogP contribution in [0.5, 0.6) is 0 Å².